The van der Waals surface area contributed by atoms with Crippen molar-refractivity contribution in [3.05, 3.63) is 29.6 Å². The van der Waals surface area contributed by atoms with Crippen molar-refractivity contribution in [2.75, 3.05) is 12.4 Å². The van der Waals surface area contributed by atoms with Gasteiger partial charge in [0, 0.05) is 0 Å². The second-order valence-corrected chi connectivity index (χ2v) is 7.02. The van der Waals surface area contributed by atoms with Crippen molar-refractivity contribution >= 4 is 9.84 Å². The maximum atomic E-state index is 13.3. The van der Waals surface area contributed by atoms with Crippen LogP contribution in [0.3, 0.4) is 0 Å². The number of nitrogens with zero attached hydrogens (tertiary/aromatic N) is 1. The summed E-state index contributed by atoms with van der Waals surface area (Å²) in [6, 6.07) is 5.82. The largest absolute Gasteiger partial charge is 0.492 e. The van der Waals surface area contributed by atoms with Gasteiger partial charge < -0.3 is 4.74 Å². The van der Waals surface area contributed by atoms with E-state index in [-0.39, 0.29) is 23.7 Å². The molecule has 0 aliphatic heterocycles. The van der Waals surface area contributed by atoms with Gasteiger partial charge in [0.05, 0.1) is 17.6 Å². The molecule has 0 N–H and O–H groups in total. The van der Waals surface area contributed by atoms with Gasteiger partial charge in [-0.05, 0) is 32.4 Å². The first kappa shape index (κ1) is 15.4. The lowest BCUT2D eigenvalue weighted by molar-refractivity contribution is 0.315. The molecule has 0 saturated carbocycles. The molecule has 0 saturated heterocycles. The van der Waals surface area contributed by atoms with Crippen LogP contribution >= 0.6 is 0 Å². The highest BCUT2D eigenvalue weighted by atomic mass is 32.2. The molecule has 0 aliphatic rings. The number of hydrogen-bond acceptors (Lipinski definition) is 4. The van der Waals surface area contributed by atoms with Gasteiger partial charge in [-0.25, -0.2) is 12.8 Å². The van der Waals surface area contributed by atoms with Crippen LogP contribution in [-0.2, 0) is 9.84 Å². The number of hydrogen-bond donors (Lipinski definition) is 0. The monoisotopic (exact) mass is 285 g/mol. The molecule has 0 heterocycles. The zero-order valence-corrected chi connectivity index (χ0v) is 11.7. The van der Waals surface area contributed by atoms with Crippen molar-refractivity contribution in [1.82, 2.24) is 0 Å². The predicted molar refractivity (Wildman–Crippen MR) is 70.1 cm³/mol. The zero-order chi connectivity index (χ0) is 14.5. The average Bonchev–Trinajstić information content (AvgIpc) is 2.34. The van der Waals surface area contributed by atoms with Gasteiger partial charge in [-0.3, -0.25) is 0 Å². The minimum atomic E-state index is -3.10. The number of benzene rings is 1. The highest BCUT2D eigenvalue weighted by molar-refractivity contribution is 7.91. The van der Waals surface area contributed by atoms with Gasteiger partial charge >= 0.3 is 0 Å². The third kappa shape index (κ3) is 4.21. The number of ether oxygens (including phenoxy) is 1. The van der Waals surface area contributed by atoms with Crippen LogP contribution in [0.5, 0.6) is 5.75 Å². The molecule has 1 aromatic carbocycles. The first-order valence-corrected chi connectivity index (χ1v) is 7.63. The Bertz CT molecular complexity index is 576. The standard InChI is InChI=1S/C13H16FNO3S/c1-10(2)19(16,17)8-4-7-18-13-6-3-5-12(14)11(13)9-15/h3,5-6,10H,4,7-8H2,1-2H3. The first-order valence-electron chi connectivity index (χ1n) is 5.91. The third-order valence-electron chi connectivity index (χ3n) is 2.64. The second-order valence-electron chi connectivity index (χ2n) is 4.34. The van der Waals surface area contributed by atoms with Gasteiger partial charge in [0.25, 0.3) is 0 Å². The fourth-order valence-corrected chi connectivity index (χ4v) is 2.40. The van der Waals surface area contributed by atoms with E-state index in [4.69, 9.17) is 10.00 Å². The van der Waals surface area contributed by atoms with E-state index < -0.39 is 20.9 Å². The molecule has 104 valence electrons. The van der Waals surface area contributed by atoms with E-state index in [0.29, 0.717) is 6.42 Å². The molecule has 19 heavy (non-hydrogen) atoms. The van der Waals surface area contributed by atoms with Gasteiger partial charge in [0.15, 0.2) is 9.84 Å². The normalized spacial score (nSPS) is 11.3. The summed E-state index contributed by atoms with van der Waals surface area (Å²) in [5, 5.41) is 8.37. The Morgan fingerprint density at radius 1 is 1.42 bits per heavy atom. The summed E-state index contributed by atoms with van der Waals surface area (Å²) < 4.78 is 41.6. The SMILES string of the molecule is CC(C)S(=O)(=O)CCCOc1cccc(F)c1C#N. The van der Waals surface area contributed by atoms with E-state index >= 15 is 0 Å². The minimum Gasteiger partial charge on any atom is -0.492 e. The van der Waals surface area contributed by atoms with Crippen molar-refractivity contribution in [1.29, 1.82) is 5.26 Å². The molecule has 4 nitrogen and oxygen atoms in total. The third-order valence-corrected chi connectivity index (χ3v) is 4.93. The fraction of sp³-hybridized carbons (Fsp3) is 0.462. The molecule has 0 fully saturated rings. The van der Waals surface area contributed by atoms with Crippen LogP contribution in [0, 0.1) is 17.1 Å². The molecular formula is C13H16FNO3S. The zero-order valence-electron chi connectivity index (χ0n) is 10.9. The Balaban J connectivity index is 2.56. The van der Waals surface area contributed by atoms with Crippen LogP contribution in [0.1, 0.15) is 25.8 Å². The molecule has 0 radical (unpaired) electrons. The van der Waals surface area contributed by atoms with Crippen LogP contribution in [0.15, 0.2) is 18.2 Å². The second kappa shape index (κ2) is 6.53. The Hall–Kier alpha value is -1.61. The van der Waals surface area contributed by atoms with Gasteiger partial charge in [-0.2, -0.15) is 5.26 Å². The average molecular weight is 285 g/mol. The highest BCUT2D eigenvalue weighted by Gasteiger charge is 2.15. The van der Waals surface area contributed by atoms with Crippen molar-refractivity contribution in [2.45, 2.75) is 25.5 Å². The van der Waals surface area contributed by atoms with Gasteiger partial charge in [-0.1, -0.05) is 6.07 Å². The fourth-order valence-electron chi connectivity index (χ4n) is 1.41. The van der Waals surface area contributed by atoms with Crippen LogP contribution in [0.4, 0.5) is 4.39 Å². The quantitative estimate of drug-likeness (QED) is 0.752. The molecule has 0 bridgehead atoms. The molecule has 0 amide bonds. The van der Waals surface area contributed by atoms with Crippen LogP contribution in [-0.4, -0.2) is 26.0 Å². The Morgan fingerprint density at radius 3 is 2.68 bits per heavy atom. The summed E-state index contributed by atoms with van der Waals surface area (Å²) >= 11 is 0. The van der Waals surface area contributed by atoms with Gasteiger partial charge in [0.2, 0.25) is 0 Å². The Morgan fingerprint density at radius 2 is 2.11 bits per heavy atom. The molecule has 6 heteroatoms. The van der Waals surface area contributed by atoms with Gasteiger partial charge in [-0.15, -0.1) is 0 Å². The Labute approximate surface area is 112 Å². The molecule has 0 atom stereocenters. The topological polar surface area (TPSA) is 67.2 Å². The Kier molecular flexibility index (Phi) is 5.31. The van der Waals surface area contributed by atoms with Crippen molar-refractivity contribution in [3.63, 3.8) is 0 Å². The smallest absolute Gasteiger partial charge is 0.152 e. The van der Waals surface area contributed by atoms with Crippen molar-refractivity contribution in [2.24, 2.45) is 0 Å². The van der Waals surface area contributed by atoms with E-state index in [1.807, 2.05) is 0 Å². The van der Waals surface area contributed by atoms with E-state index in [9.17, 15) is 12.8 Å². The molecule has 0 aliphatic carbocycles. The highest BCUT2D eigenvalue weighted by Crippen LogP contribution is 2.20. The maximum Gasteiger partial charge on any atom is 0.152 e. The molecular weight excluding hydrogens is 269 g/mol. The summed E-state index contributed by atoms with van der Waals surface area (Å²) in [6.07, 6.45) is 0.307. The lowest BCUT2D eigenvalue weighted by Crippen LogP contribution is -2.19. The number of sulfone groups is 1. The van der Waals surface area contributed by atoms with E-state index in [2.05, 4.69) is 0 Å². The van der Waals surface area contributed by atoms with Crippen LogP contribution in [0.2, 0.25) is 0 Å². The van der Waals surface area contributed by atoms with Crippen molar-refractivity contribution in [3.8, 4) is 11.8 Å². The summed E-state index contributed by atoms with van der Waals surface area (Å²) in [6.45, 7) is 3.37. The number of halogens is 1. The maximum absolute atomic E-state index is 13.3. The van der Waals surface area contributed by atoms with E-state index in [1.54, 1.807) is 19.9 Å². The lowest BCUT2D eigenvalue weighted by atomic mass is 10.2. The van der Waals surface area contributed by atoms with Crippen molar-refractivity contribution < 1.29 is 17.5 Å². The summed E-state index contributed by atoms with van der Waals surface area (Å²) in [5.74, 6) is -0.485. The van der Waals surface area contributed by atoms with Crippen LogP contribution < -0.4 is 4.74 Å². The first-order chi connectivity index (χ1) is 8.88. The van der Waals surface area contributed by atoms with E-state index in [0.717, 1.165) is 0 Å². The molecule has 0 spiro atoms. The molecule has 1 rings (SSSR count). The summed E-state index contributed by atoms with van der Waals surface area (Å²) in [5.41, 5.74) is -0.158. The number of rotatable bonds is 6. The van der Waals surface area contributed by atoms with Crippen LogP contribution in [0.25, 0.3) is 0 Å². The lowest BCUT2D eigenvalue weighted by Gasteiger charge is -2.10. The van der Waals surface area contributed by atoms with E-state index in [1.165, 1.54) is 18.2 Å². The summed E-state index contributed by atoms with van der Waals surface area (Å²) in [4.78, 5) is 0. The molecule has 0 aromatic heterocycles. The molecule has 1 aromatic rings. The molecule has 0 unspecified atom stereocenters. The minimum absolute atomic E-state index is 0.0157. The summed E-state index contributed by atoms with van der Waals surface area (Å²) in [7, 11) is -3.10. The van der Waals surface area contributed by atoms with Gasteiger partial charge in [0.1, 0.15) is 23.2 Å². The predicted octanol–water partition coefficient (Wildman–Crippen LogP) is 2.29. The number of nitriles is 1.